The van der Waals surface area contributed by atoms with Crippen molar-refractivity contribution in [3.8, 4) is 0 Å². The predicted molar refractivity (Wildman–Crippen MR) is 51.5 cm³/mol. The van der Waals surface area contributed by atoms with Crippen LogP contribution < -0.4 is 24.0 Å². The van der Waals surface area contributed by atoms with Crippen molar-refractivity contribution in [2.24, 2.45) is 0 Å². The molecule has 0 aromatic heterocycles. The van der Waals surface area contributed by atoms with E-state index in [0.717, 1.165) is 50.2 Å². The highest BCUT2D eigenvalue weighted by atomic mass is 127. The van der Waals surface area contributed by atoms with Crippen LogP contribution in [0.1, 0.15) is 19.8 Å². The molecule has 0 aromatic rings. The molecule has 0 aromatic carbocycles. The average molecular weight is 313 g/mol. The first kappa shape index (κ1) is 14.3. The fourth-order valence-electron chi connectivity index (χ4n) is 1.72. The van der Waals surface area contributed by atoms with E-state index < -0.39 is 0 Å². The number of likely N-dealkylation sites (N-methyl/N-ethyl adjacent to an activating group) is 1. The Kier molecular flexibility index (Phi) is 6.89. The van der Waals surface area contributed by atoms with Crippen LogP contribution in [0.2, 0.25) is 0 Å². The molecule has 0 bridgehead atoms. The van der Waals surface area contributed by atoms with E-state index in [0.29, 0.717) is 5.78 Å². The first-order valence-electron chi connectivity index (χ1n) is 5.03. The number of quaternary nitrogens is 1. The zero-order valence-corrected chi connectivity index (χ0v) is 11.2. The second-order valence-corrected chi connectivity index (χ2v) is 4.21. The van der Waals surface area contributed by atoms with Crippen LogP contribution in [0, 0.1) is 0 Å². The zero-order chi connectivity index (χ0) is 9.73. The molecule has 1 aliphatic rings. The van der Waals surface area contributed by atoms with Crippen LogP contribution in [-0.4, -0.2) is 50.2 Å². The smallest absolute Gasteiger partial charge is 0.130 e. The van der Waals surface area contributed by atoms with E-state index in [4.69, 9.17) is 4.74 Å². The number of morpholine rings is 1. The minimum absolute atomic E-state index is 0. The Morgan fingerprint density at radius 3 is 2.43 bits per heavy atom. The van der Waals surface area contributed by atoms with Crippen molar-refractivity contribution in [1.29, 1.82) is 0 Å². The molecule has 84 valence electrons. The fraction of sp³-hybridized carbons (Fsp3) is 0.900. The second-order valence-electron chi connectivity index (χ2n) is 4.21. The lowest BCUT2D eigenvalue weighted by Gasteiger charge is -2.37. The Hall–Kier alpha value is 0.320. The summed E-state index contributed by atoms with van der Waals surface area (Å²) in [6.45, 7) is 6.71. The van der Waals surface area contributed by atoms with Crippen molar-refractivity contribution in [2.45, 2.75) is 19.8 Å². The fourth-order valence-corrected chi connectivity index (χ4v) is 1.72. The highest BCUT2D eigenvalue weighted by Crippen LogP contribution is 2.09. The molecule has 1 rings (SSSR count). The number of ether oxygens (including phenoxy) is 1. The number of nitrogens with zero attached hydrogens (tertiary/aromatic N) is 1. The SMILES string of the molecule is CC(=O)CCC[N+]1(C)CCOCC1.[I-]. The standard InChI is InChI=1S/C10H20NO2.HI/c1-10(12)4-3-5-11(2)6-8-13-9-7-11;/h3-9H2,1-2H3;1H/q+1;/p-1. The molecular weight excluding hydrogens is 293 g/mol. The number of halogens is 1. The molecule has 0 N–H and O–H groups in total. The molecule has 3 nitrogen and oxygen atoms in total. The summed E-state index contributed by atoms with van der Waals surface area (Å²) in [6, 6.07) is 0. The molecule has 0 radical (unpaired) electrons. The van der Waals surface area contributed by atoms with Gasteiger partial charge >= 0.3 is 0 Å². The van der Waals surface area contributed by atoms with E-state index in [9.17, 15) is 4.79 Å². The Balaban J connectivity index is 0.00000169. The maximum atomic E-state index is 10.8. The summed E-state index contributed by atoms with van der Waals surface area (Å²) < 4.78 is 6.39. The van der Waals surface area contributed by atoms with Gasteiger partial charge < -0.3 is 38.0 Å². The van der Waals surface area contributed by atoms with E-state index in [1.807, 2.05) is 0 Å². The Bertz CT molecular complexity index is 179. The highest BCUT2D eigenvalue weighted by molar-refractivity contribution is 5.75. The van der Waals surface area contributed by atoms with Gasteiger partial charge in [0, 0.05) is 12.8 Å². The van der Waals surface area contributed by atoms with Crippen LogP contribution in [0.5, 0.6) is 0 Å². The largest absolute Gasteiger partial charge is 1.00 e. The van der Waals surface area contributed by atoms with Crippen molar-refractivity contribution < 1.29 is 38.0 Å². The highest BCUT2D eigenvalue weighted by Gasteiger charge is 2.24. The van der Waals surface area contributed by atoms with Crippen LogP contribution >= 0.6 is 0 Å². The normalized spacial score (nSPS) is 19.9. The molecule has 1 saturated heterocycles. The van der Waals surface area contributed by atoms with Crippen LogP contribution in [0.3, 0.4) is 0 Å². The molecule has 0 spiro atoms. The summed E-state index contributed by atoms with van der Waals surface area (Å²) >= 11 is 0. The molecule has 14 heavy (non-hydrogen) atoms. The minimum Gasteiger partial charge on any atom is -1.00 e. The molecule has 0 aliphatic carbocycles. The molecule has 1 fully saturated rings. The number of carbonyl (C=O) groups excluding carboxylic acids is 1. The lowest BCUT2D eigenvalue weighted by molar-refractivity contribution is -0.917. The minimum atomic E-state index is 0. The van der Waals surface area contributed by atoms with Crippen LogP contribution in [-0.2, 0) is 9.53 Å². The molecule has 1 heterocycles. The van der Waals surface area contributed by atoms with Crippen molar-refractivity contribution in [3.63, 3.8) is 0 Å². The van der Waals surface area contributed by atoms with E-state index in [1.54, 1.807) is 6.92 Å². The second kappa shape index (κ2) is 6.74. The van der Waals surface area contributed by atoms with Crippen LogP contribution in [0.4, 0.5) is 0 Å². The maximum Gasteiger partial charge on any atom is 0.130 e. The number of Topliss-reactive ketones (excluding diaryl/α,β-unsaturated/α-hetero) is 1. The zero-order valence-electron chi connectivity index (χ0n) is 9.09. The van der Waals surface area contributed by atoms with Crippen molar-refractivity contribution >= 4 is 5.78 Å². The summed E-state index contributed by atoms with van der Waals surface area (Å²) in [4.78, 5) is 10.8. The third kappa shape index (κ3) is 5.26. The Labute approximate surface area is 103 Å². The lowest BCUT2D eigenvalue weighted by Crippen LogP contribution is -3.00. The summed E-state index contributed by atoms with van der Waals surface area (Å²) in [5.74, 6) is 0.305. The summed E-state index contributed by atoms with van der Waals surface area (Å²) in [5, 5.41) is 0. The van der Waals surface area contributed by atoms with Gasteiger partial charge in [0.05, 0.1) is 26.8 Å². The number of rotatable bonds is 4. The van der Waals surface area contributed by atoms with Gasteiger partial charge in [-0.25, -0.2) is 0 Å². The van der Waals surface area contributed by atoms with Crippen molar-refractivity contribution in [2.75, 3.05) is 39.9 Å². The van der Waals surface area contributed by atoms with Gasteiger partial charge in [-0.15, -0.1) is 0 Å². The Morgan fingerprint density at radius 1 is 1.36 bits per heavy atom. The molecule has 0 saturated carbocycles. The van der Waals surface area contributed by atoms with Gasteiger partial charge in [0.1, 0.15) is 18.9 Å². The van der Waals surface area contributed by atoms with Gasteiger partial charge in [0.2, 0.25) is 0 Å². The summed E-state index contributed by atoms with van der Waals surface area (Å²) in [5.41, 5.74) is 0. The monoisotopic (exact) mass is 313 g/mol. The molecule has 0 amide bonds. The predicted octanol–water partition coefficient (Wildman–Crippen LogP) is -2.16. The van der Waals surface area contributed by atoms with Crippen LogP contribution in [0.25, 0.3) is 0 Å². The first-order valence-corrected chi connectivity index (χ1v) is 5.03. The van der Waals surface area contributed by atoms with E-state index in [-0.39, 0.29) is 24.0 Å². The van der Waals surface area contributed by atoms with Gasteiger partial charge in [-0.2, -0.15) is 0 Å². The average Bonchev–Trinajstić information content (AvgIpc) is 2.04. The van der Waals surface area contributed by atoms with Gasteiger partial charge in [0.25, 0.3) is 0 Å². The molecular formula is C10H20INO2. The molecule has 4 heteroatoms. The summed E-state index contributed by atoms with van der Waals surface area (Å²) in [7, 11) is 2.25. The number of carbonyl (C=O) groups is 1. The Morgan fingerprint density at radius 2 is 1.93 bits per heavy atom. The topological polar surface area (TPSA) is 26.3 Å². The van der Waals surface area contributed by atoms with Crippen LogP contribution in [0.15, 0.2) is 0 Å². The number of hydrogen-bond donors (Lipinski definition) is 0. The maximum absolute atomic E-state index is 10.8. The molecule has 0 atom stereocenters. The van der Waals surface area contributed by atoms with Gasteiger partial charge in [-0.3, -0.25) is 0 Å². The lowest BCUT2D eigenvalue weighted by atomic mass is 10.2. The van der Waals surface area contributed by atoms with Crippen molar-refractivity contribution in [3.05, 3.63) is 0 Å². The number of hydrogen-bond acceptors (Lipinski definition) is 2. The third-order valence-corrected chi connectivity index (χ3v) is 2.78. The molecule has 1 aliphatic heterocycles. The van der Waals surface area contributed by atoms with Gasteiger partial charge in [0.15, 0.2) is 0 Å². The van der Waals surface area contributed by atoms with Gasteiger partial charge in [-0.1, -0.05) is 0 Å². The van der Waals surface area contributed by atoms with Crippen molar-refractivity contribution in [1.82, 2.24) is 0 Å². The van der Waals surface area contributed by atoms with Gasteiger partial charge in [-0.05, 0) is 6.92 Å². The molecule has 0 unspecified atom stereocenters. The quantitative estimate of drug-likeness (QED) is 0.436. The summed E-state index contributed by atoms with van der Waals surface area (Å²) in [6.07, 6.45) is 1.75. The number of ketones is 1. The van der Waals surface area contributed by atoms with E-state index >= 15 is 0 Å². The third-order valence-electron chi connectivity index (χ3n) is 2.78. The van der Waals surface area contributed by atoms with E-state index in [2.05, 4.69) is 7.05 Å². The van der Waals surface area contributed by atoms with E-state index in [1.165, 1.54) is 0 Å². The first-order chi connectivity index (χ1) is 6.12.